The fourth-order valence-corrected chi connectivity index (χ4v) is 7.77. The average molecular weight is 593 g/mol. The van der Waals surface area contributed by atoms with E-state index in [1.54, 1.807) is 0 Å². The van der Waals surface area contributed by atoms with Gasteiger partial charge in [0, 0.05) is 53.7 Å². The molecule has 212 valence electrons. The molecular formula is C42H28N2S. The first kappa shape index (κ1) is 25.8. The highest BCUT2D eigenvalue weighted by atomic mass is 32.1. The van der Waals surface area contributed by atoms with Crippen LogP contribution in [-0.4, -0.2) is 4.57 Å². The quantitative estimate of drug-likeness (QED) is 0.193. The van der Waals surface area contributed by atoms with E-state index >= 15 is 0 Å². The Labute approximate surface area is 265 Å². The molecular weight excluding hydrogens is 565 g/mol. The van der Waals surface area contributed by atoms with Crippen molar-refractivity contribution in [1.82, 2.24) is 4.57 Å². The van der Waals surface area contributed by atoms with E-state index in [-0.39, 0.29) is 0 Å². The molecule has 0 aliphatic carbocycles. The van der Waals surface area contributed by atoms with Crippen LogP contribution in [0, 0.1) is 0 Å². The van der Waals surface area contributed by atoms with Gasteiger partial charge in [0.1, 0.15) is 0 Å². The molecule has 7 aromatic carbocycles. The second-order valence-electron chi connectivity index (χ2n) is 11.4. The fourth-order valence-electron chi connectivity index (χ4n) is 6.69. The van der Waals surface area contributed by atoms with Crippen molar-refractivity contribution in [3.63, 3.8) is 0 Å². The number of aromatic nitrogens is 1. The Balaban J connectivity index is 1.19. The third-order valence-corrected chi connectivity index (χ3v) is 9.95. The fraction of sp³-hybridized carbons (Fsp3) is 0. The molecule has 2 nitrogen and oxygen atoms in total. The van der Waals surface area contributed by atoms with Crippen LogP contribution in [0.25, 0.3) is 58.8 Å². The normalized spacial score (nSPS) is 11.6. The highest BCUT2D eigenvalue weighted by molar-refractivity contribution is 7.25. The molecule has 0 aliphatic heterocycles. The lowest BCUT2D eigenvalue weighted by atomic mass is 10.0. The molecule has 2 heterocycles. The Hall–Kier alpha value is -5.64. The lowest BCUT2D eigenvalue weighted by Gasteiger charge is -2.26. The molecule has 45 heavy (non-hydrogen) atoms. The van der Waals surface area contributed by atoms with Gasteiger partial charge in [0.2, 0.25) is 0 Å². The Morgan fingerprint density at radius 1 is 0.378 bits per heavy atom. The van der Waals surface area contributed by atoms with Crippen molar-refractivity contribution in [1.29, 1.82) is 0 Å². The van der Waals surface area contributed by atoms with Crippen molar-refractivity contribution >= 4 is 70.4 Å². The number of anilines is 3. The first-order valence-electron chi connectivity index (χ1n) is 15.3. The third kappa shape index (κ3) is 4.32. The van der Waals surface area contributed by atoms with E-state index in [9.17, 15) is 0 Å². The van der Waals surface area contributed by atoms with Gasteiger partial charge in [0.15, 0.2) is 0 Å². The minimum atomic E-state index is 1.12. The van der Waals surface area contributed by atoms with Gasteiger partial charge in [-0.3, -0.25) is 0 Å². The molecule has 3 heteroatoms. The van der Waals surface area contributed by atoms with Gasteiger partial charge < -0.3 is 9.47 Å². The maximum absolute atomic E-state index is 2.37. The van der Waals surface area contributed by atoms with E-state index in [4.69, 9.17) is 0 Å². The number of rotatable bonds is 5. The molecule has 0 N–H and O–H groups in total. The molecule has 0 radical (unpaired) electrons. The Bertz CT molecular complexity index is 2420. The zero-order valence-corrected chi connectivity index (χ0v) is 25.3. The first-order valence-corrected chi connectivity index (χ1v) is 16.1. The van der Waals surface area contributed by atoms with Crippen LogP contribution in [0.4, 0.5) is 17.1 Å². The van der Waals surface area contributed by atoms with Crippen LogP contribution in [0.5, 0.6) is 0 Å². The molecule has 0 spiro atoms. The second kappa shape index (κ2) is 10.5. The molecule has 0 atom stereocenters. The predicted octanol–water partition coefficient (Wildman–Crippen LogP) is 12.3. The highest BCUT2D eigenvalue weighted by Gasteiger charge is 2.17. The average Bonchev–Trinajstić information content (AvgIpc) is 3.65. The van der Waals surface area contributed by atoms with Gasteiger partial charge in [0.25, 0.3) is 0 Å². The van der Waals surface area contributed by atoms with Gasteiger partial charge in [-0.2, -0.15) is 0 Å². The number of fused-ring (bicyclic) bond motifs is 6. The molecule has 0 amide bonds. The van der Waals surface area contributed by atoms with Gasteiger partial charge in [-0.05, 0) is 83.9 Å². The zero-order chi connectivity index (χ0) is 29.7. The molecule has 0 aliphatic rings. The number of thiophene rings is 1. The van der Waals surface area contributed by atoms with E-state index in [2.05, 4.69) is 179 Å². The van der Waals surface area contributed by atoms with Crippen molar-refractivity contribution in [2.45, 2.75) is 0 Å². The molecule has 9 aromatic rings. The Morgan fingerprint density at radius 3 is 1.58 bits per heavy atom. The largest absolute Gasteiger partial charge is 0.310 e. The van der Waals surface area contributed by atoms with E-state index in [1.807, 2.05) is 11.3 Å². The molecule has 0 bridgehead atoms. The number of para-hydroxylation sites is 2. The summed E-state index contributed by atoms with van der Waals surface area (Å²) in [4.78, 5) is 2.37. The maximum Gasteiger partial charge on any atom is 0.0541 e. The topological polar surface area (TPSA) is 8.17 Å². The summed E-state index contributed by atoms with van der Waals surface area (Å²) in [6.07, 6.45) is 0. The van der Waals surface area contributed by atoms with Gasteiger partial charge >= 0.3 is 0 Å². The summed E-state index contributed by atoms with van der Waals surface area (Å²) in [5.41, 5.74) is 9.39. The smallest absolute Gasteiger partial charge is 0.0541 e. The van der Waals surface area contributed by atoms with Crippen molar-refractivity contribution in [2.24, 2.45) is 0 Å². The molecule has 0 unspecified atom stereocenters. The van der Waals surface area contributed by atoms with Gasteiger partial charge in [-0.15, -0.1) is 11.3 Å². The van der Waals surface area contributed by atoms with Crippen molar-refractivity contribution in [2.75, 3.05) is 4.90 Å². The van der Waals surface area contributed by atoms with Crippen LogP contribution in [0.15, 0.2) is 170 Å². The number of hydrogen-bond acceptors (Lipinski definition) is 2. The monoisotopic (exact) mass is 592 g/mol. The summed E-state index contributed by atoms with van der Waals surface area (Å²) >= 11 is 1.85. The third-order valence-electron chi connectivity index (χ3n) is 8.80. The van der Waals surface area contributed by atoms with E-state index < -0.39 is 0 Å². The van der Waals surface area contributed by atoms with Crippen molar-refractivity contribution in [3.8, 4) is 16.8 Å². The lowest BCUT2D eigenvalue weighted by molar-refractivity contribution is 1.17. The van der Waals surface area contributed by atoms with Crippen LogP contribution >= 0.6 is 11.3 Å². The molecule has 9 rings (SSSR count). The summed E-state index contributed by atoms with van der Waals surface area (Å²) in [7, 11) is 0. The summed E-state index contributed by atoms with van der Waals surface area (Å²) in [6.45, 7) is 0. The van der Waals surface area contributed by atoms with Crippen LogP contribution in [-0.2, 0) is 0 Å². The first-order chi connectivity index (χ1) is 22.3. The standard InChI is InChI=1S/C42H28N2S/c1-2-10-29(11-3-1)30-18-20-31(21-19-30)43(34-26-27-42-38(28-34)37-14-6-9-17-41(37)45-42)32-22-24-33(25-23-32)44-39-15-7-4-12-35(39)36-13-5-8-16-40(36)44/h1-28H. The number of nitrogens with zero attached hydrogens (tertiary/aromatic N) is 2. The predicted molar refractivity (Wildman–Crippen MR) is 194 cm³/mol. The Morgan fingerprint density at radius 2 is 0.889 bits per heavy atom. The van der Waals surface area contributed by atoms with Crippen molar-refractivity contribution in [3.05, 3.63) is 170 Å². The minimum Gasteiger partial charge on any atom is -0.310 e. The number of benzene rings is 7. The minimum absolute atomic E-state index is 1.12. The lowest BCUT2D eigenvalue weighted by Crippen LogP contribution is -2.10. The maximum atomic E-state index is 2.37. The number of hydrogen-bond donors (Lipinski definition) is 0. The molecule has 0 saturated heterocycles. The Kier molecular flexibility index (Phi) is 6.03. The van der Waals surface area contributed by atoms with Gasteiger partial charge in [0.05, 0.1) is 11.0 Å². The molecule has 0 fully saturated rings. The molecule has 0 saturated carbocycles. The summed E-state index contributed by atoms with van der Waals surface area (Å²) in [5.74, 6) is 0. The van der Waals surface area contributed by atoms with Gasteiger partial charge in [-0.1, -0.05) is 97.1 Å². The summed E-state index contributed by atoms with van der Waals surface area (Å²) in [5, 5.41) is 5.14. The van der Waals surface area contributed by atoms with E-state index in [0.717, 1.165) is 22.7 Å². The van der Waals surface area contributed by atoms with E-state index in [0.29, 0.717) is 0 Å². The van der Waals surface area contributed by atoms with Crippen LogP contribution in [0.3, 0.4) is 0 Å². The van der Waals surface area contributed by atoms with Crippen LogP contribution < -0.4 is 4.90 Å². The van der Waals surface area contributed by atoms with Crippen LogP contribution in [0.2, 0.25) is 0 Å². The highest BCUT2D eigenvalue weighted by Crippen LogP contribution is 2.41. The summed E-state index contributed by atoms with van der Waals surface area (Å²) in [6, 6.07) is 61.4. The van der Waals surface area contributed by atoms with Gasteiger partial charge in [-0.25, -0.2) is 0 Å². The summed E-state index contributed by atoms with van der Waals surface area (Å²) < 4.78 is 5.00. The second-order valence-corrected chi connectivity index (χ2v) is 12.5. The molecule has 2 aromatic heterocycles. The zero-order valence-electron chi connectivity index (χ0n) is 24.5. The van der Waals surface area contributed by atoms with Crippen molar-refractivity contribution < 1.29 is 0 Å². The SMILES string of the molecule is c1ccc(-c2ccc(N(c3ccc(-n4c5ccccc5c5ccccc54)cc3)c3ccc4sc5ccccc5c4c3)cc2)cc1. The van der Waals surface area contributed by atoms with Crippen LogP contribution in [0.1, 0.15) is 0 Å². The van der Waals surface area contributed by atoms with E-state index in [1.165, 1.54) is 53.1 Å².